The van der Waals surface area contributed by atoms with E-state index in [-0.39, 0.29) is 18.9 Å². The lowest BCUT2D eigenvalue weighted by Gasteiger charge is -2.09. The molecule has 0 bridgehead atoms. The summed E-state index contributed by atoms with van der Waals surface area (Å²) >= 11 is 0. The van der Waals surface area contributed by atoms with Crippen LogP contribution in [0.2, 0.25) is 0 Å². The van der Waals surface area contributed by atoms with Crippen LogP contribution in [0.4, 0.5) is 16.2 Å². The van der Waals surface area contributed by atoms with Gasteiger partial charge in [-0.1, -0.05) is 6.07 Å². The predicted molar refractivity (Wildman–Crippen MR) is 99.1 cm³/mol. The van der Waals surface area contributed by atoms with Crippen molar-refractivity contribution in [3.8, 4) is 0 Å². The van der Waals surface area contributed by atoms with E-state index in [1.54, 1.807) is 36.7 Å². The topological polar surface area (TPSA) is 155 Å². The molecule has 3 aromatic rings. The van der Waals surface area contributed by atoms with Crippen molar-refractivity contribution in [2.75, 3.05) is 17.2 Å². The Morgan fingerprint density at radius 1 is 1.15 bits per heavy atom. The van der Waals surface area contributed by atoms with E-state index in [2.05, 4.69) is 30.9 Å². The molecule has 10 heteroatoms. The third kappa shape index (κ3) is 4.57. The SMILES string of the molecule is NC(=O)CCNC(=O)Nc1cccc(NC(=O)c2c[nH]c3ncncc23)c1. The monoisotopic (exact) mass is 367 g/mol. The number of carbonyl (C=O) groups excluding carboxylic acids is 3. The summed E-state index contributed by atoms with van der Waals surface area (Å²) in [5.41, 5.74) is 6.97. The molecule has 0 spiro atoms. The van der Waals surface area contributed by atoms with Crippen LogP contribution in [0.3, 0.4) is 0 Å². The molecule has 3 rings (SSSR count). The van der Waals surface area contributed by atoms with Crippen LogP contribution in [-0.2, 0) is 4.79 Å². The van der Waals surface area contributed by atoms with E-state index in [0.29, 0.717) is 28.0 Å². The van der Waals surface area contributed by atoms with Crippen molar-refractivity contribution in [3.63, 3.8) is 0 Å². The van der Waals surface area contributed by atoms with Gasteiger partial charge in [-0.2, -0.15) is 0 Å². The number of anilines is 2. The summed E-state index contributed by atoms with van der Waals surface area (Å²) in [6.45, 7) is 0.139. The Kier molecular flexibility index (Phi) is 5.26. The number of benzene rings is 1. The first kappa shape index (κ1) is 17.9. The number of aromatic amines is 1. The average Bonchev–Trinajstić information content (AvgIpc) is 3.06. The van der Waals surface area contributed by atoms with Gasteiger partial charge in [0.15, 0.2) is 0 Å². The molecule has 2 heterocycles. The van der Waals surface area contributed by atoms with Crippen molar-refractivity contribution < 1.29 is 14.4 Å². The van der Waals surface area contributed by atoms with E-state index in [9.17, 15) is 14.4 Å². The standard InChI is InChI=1S/C17H17N7O3/c18-14(25)4-5-20-17(27)24-11-3-1-2-10(6-11)23-16(26)13-8-21-15-12(13)7-19-9-22-15/h1-3,6-9H,4-5H2,(H2,18,25)(H,23,26)(H,19,21,22)(H2,20,24,27). The van der Waals surface area contributed by atoms with E-state index in [1.807, 2.05) is 0 Å². The number of rotatable bonds is 6. The lowest BCUT2D eigenvalue weighted by molar-refractivity contribution is -0.117. The maximum atomic E-state index is 12.5. The molecule has 0 radical (unpaired) electrons. The van der Waals surface area contributed by atoms with Gasteiger partial charge in [0.05, 0.1) is 5.56 Å². The largest absolute Gasteiger partial charge is 0.370 e. The summed E-state index contributed by atoms with van der Waals surface area (Å²) in [5, 5.41) is 8.49. The Labute approximate surface area is 153 Å². The summed E-state index contributed by atoms with van der Waals surface area (Å²) in [6, 6.07) is 6.18. The van der Waals surface area contributed by atoms with E-state index in [1.165, 1.54) is 6.33 Å². The Bertz CT molecular complexity index is 999. The van der Waals surface area contributed by atoms with Gasteiger partial charge < -0.3 is 26.7 Å². The van der Waals surface area contributed by atoms with Gasteiger partial charge in [-0.3, -0.25) is 9.59 Å². The van der Waals surface area contributed by atoms with Crippen LogP contribution >= 0.6 is 0 Å². The molecule has 0 aliphatic carbocycles. The highest BCUT2D eigenvalue weighted by molar-refractivity contribution is 6.12. The molecule has 0 atom stereocenters. The second-order valence-corrected chi connectivity index (χ2v) is 5.62. The molecule has 0 aliphatic rings. The zero-order valence-electron chi connectivity index (χ0n) is 14.2. The summed E-state index contributed by atoms with van der Waals surface area (Å²) in [7, 11) is 0. The number of amides is 4. The number of nitrogens with zero attached hydrogens (tertiary/aromatic N) is 2. The lowest BCUT2D eigenvalue weighted by atomic mass is 10.2. The highest BCUT2D eigenvalue weighted by Gasteiger charge is 2.13. The molecule has 138 valence electrons. The minimum Gasteiger partial charge on any atom is -0.370 e. The molecule has 6 N–H and O–H groups in total. The molecule has 0 aliphatic heterocycles. The normalized spacial score (nSPS) is 10.4. The summed E-state index contributed by atoms with van der Waals surface area (Å²) < 4.78 is 0. The van der Waals surface area contributed by atoms with Crippen LogP contribution in [0.25, 0.3) is 11.0 Å². The molecule has 0 unspecified atom stereocenters. The van der Waals surface area contributed by atoms with Crippen LogP contribution in [0.5, 0.6) is 0 Å². The highest BCUT2D eigenvalue weighted by atomic mass is 16.2. The van der Waals surface area contributed by atoms with Crippen molar-refractivity contribution in [3.05, 3.63) is 48.5 Å². The fraction of sp³-hybridized carbons (Fsp3) is 0.118. The van der Waals surface area contributed by atoms with Gasteiger partial charge in [-0.25, -0.2) is 14.8 Å². The Morgan fingerprint density at radius 2 is 1.93 bits per heavy atom. The van der Waals surface area contributed by atoms with E-state index < -0.39 is 11.9 Å². The smallest absolute Gasteiger partial charge is 0.319 e. The second kappa shape index (κ2) is 7.95. The highest BCUT2D eigenvalue weighted by Crippen LogP contribution is 2.19. The van der Waals surface area contributed by atoms with Crippen molar-refractivity contribution in [2.24, 2.45) is 5.73 Å². The molecule has 2 aromatic heterocycles. The number of H-pyrrole nitrogens is 1. The summed E-state index contributed by atoms with van der Waals surface area (Å²) in [4.78, 5) is 45.8. The van der Waals surface area contributed by atoms with Gasteiger partial charge in [-0.15, -0.1) is 0 Å². The van der Waals surface area contributed by atoms with E-state index >= 15 is 0 Å². The van der Waals surface area contributed by atoms with Crippen molar-refractivity contribution in [2.45, 2.75) is 6.42 Å². The maximum absolute atomic E-state index is 12.5. The Balaban J connectivity index is 1.64. The molecule has 4 amide bonds. The maximum Gasteiger partial charge on any atom is 0.319 e. The molecule has 27 heavy (non-hydrogen) atoms. The van der Waals surface area contributed by atoms with Crippen LogP contribution in [0.15, 0.2) is 43.0 Å². The lowest BCUT2D eigenvalue weighted by Crippen LogP contribution is -2.31. The van der Waals surface area contributed by atoms with Gasteiger partial charge >= 0.3 is 6.03 Å². The van der Waals surface area contributed by atoms with Crippen molar-refractivity contribution in [1.29, 1.82) is 0 Å². The van der Waals surface area contributed by atoms with Gasteiger partial charge in [0.25, 0.3) is 5.91 Å². The first-order chi connectivity index (χ1) is 13.0. The Hall–Kier alpha value is -3.95. The molecular weight excluding hydrogens is 350 g/mol. The number of fused-ring (bicyclic) bond motifs is 1. The number of hydrogen-bond donors (Lipinski definition) is 5. The molecule has 0 saturated heterocycles. The fourth-order valence-corrected chi connectivity index (χ4v) is 2.40. The second-order valence-electron chi connectivity index (χ2n) is 5.62. The number of hydrogen-bond acceptors (Lipinski definition) is 5. The van der Waals surface area contributed by atoms with Crippen molar-refractivity contribution in [1.82, 2.24) is 20.3 Å². The van der Waals surface area contributed by atoms with Crippen LogP contribution in [-0.4, -0.2) is 39.3 Å². The first-order valence-corrected chi connectivity index (χ1v) is 8.04. The molecule has 10 nitrogen and oxygen atoms in total. The molecule has 1 aromatic carbocycles. The minimum absolute atomic E-state index is 0.0534. The number of primary amides is 1. The number of nitrogens with two attached hydrogens (primary N) is 1. The molecular formula is C17H17N7O3. The van der Waals surface area contributed by atoms with E-state index in [4.69, 9.17) is 5.73 Å². The van der Waals surface area contributed by atoms with Gasteiger partial charge in [-0.05, 0) is 18.2 Å². The molecule has 0 fully saturated rings. The quantitative estimate of drug-likeness (QED) is 0.443. The van der Waals surface area contributed by atoms with E-state index in [0.717, 1.165) is 0 Å². The van der Waals surface area contributed by atoms with Gasteiger partial charge in [0.2, 0.25) is 5.91 Å². The predicted octanol–water partition coefficient (Wildman–Crippen LogP) is 1.21. The molecule has 0 saturated carbocycles. The fourth-order valence-electron chi connectivity index (χ4n) is 2.40. The number of nitrogens with one attached hydrogen (secondary N) is 4. The third-order valence-electron chi connectivity index (χ3n) is 3.64. The number of aromatic nitrogens is 3. The number of urea groups is 1. The van der Waals surface area contributed by atoms with Crippen molar-refractivity contribution >= 4 is 40.3 Å². The Morgan fingerprint density at radius 3 is 2.70 bits per heavy atom. The zero-order valence-corrected chi connectivity index (χ0v) is 14.2. The summed E-state index contributed by atoms with van der Waals surface area (Å²) in [6.07, 6.45) is 4.56. The third-order valence-corrected chi connectivity index (χ3v) is 3.64. The zero-order chi connectivity index (χ0) is 19.2. The minimum atomic E-state index is -0.498. The average molecular weight is 367 g/mol. The van der Waals surface area contributed by atoms with Gasteiger partial charge in [0, 0.05) is 42.1 Å². The van der Waals surface area contributed by atoms with Gasteiger partial charge in [0.1, 0.15) is 12.0 Å². The van der Waals surface area contributed by atoms with Crippen LogP contribution in [0, 0.1) is 0 Å². The summed E-state index contributed by atoms with van der Waals surface area (Å²) in [5.74, 6) is -0.832. The van der Waals surface area contributed by atoms with Crippen LogP contribution < -0.4 is 21.7 Å². The number of carbonyl (C=O) groups is 3. The first-order valence-electron chi connectivity index (χ1n) is 8.04. The van der Waals surface area contributed by atoms with Crippen LogP contribution in [0.1, 0.15) is 16.8 Å².